The predicted octanol–water partition coefficient (Wildman–Crippen LogP) is 2.89. The van der Waals surface area contributed by atoms with E-state index in [1.807, 2.05) is 12.3 Å². The SMILES string of the molecule is Cc1csc(CCNC(=O)c2ccc(Br)cc2O)n1. The minimum Gasteiger partial charge on any atom is -0.507 e. The first-order valence-corrected chi connectivity index (χ1v) is 7.41. The predicted molar refractivity (Wildman–Crippen MR) is 78.7 cm³/mol. The fraction of sp³-hybridized carbons (Fsp3) is 0.231. The molecule has 0 spiro atoms. The van der Waals surface area contributed by atoms with Gasteiger partial charge in [-0.1, -0.05) is 15.9 Å². The molecule has 1 amide bonds. The number of halogens is 1. The van der Waals surface area contributed by atoms with Crippen molar-refractivity contribution in [1.29, 1.82) is 0 Å². The third-order valence-corrected chi connectivity index (χ3v) is 4.02. The van der Waals surface area contributed by atoms with E-state index in [-0.39, 0.29) is 17.2 Å². The number of hydrogen-bond acceptors (Lipinski definition) is 4. The van der Waals surface area contributed by atoms with Crippen molar-refractivity contribution < 1.29 is 9.90 Å². The summed E-state index contributed by atoms with van der Waals surface area (Å²) in [6, 6.07) is 4.81. The monoisotopic (exact) mass is 340 g/mol. The van der Waals surface area contributed by atoms with Crippen LogP contribution in [0.3, 0.4) is 0 Å². The van der Waals surface area contributed by atoms with Gasteiger partial charge in [-0.2, -0.15) is 0 Å². The molecule has 6 heteroatoms. The Labute approximate surface area is 123 Å². The first-order chi connectivity index (χ1) is 9.06. The highest BCUT2D eigenvalue weighted by atomic mass is 79.9. The van der Waals surface area contributed by atoms with Gasteiger partial charge in [0.2, 0.25) is 0 Å². The van der Waals surface area contributed by atoms with Crippen LogP contribution in [0, 0.1) is 6.92 Å². The smallest absolute Gasteiger partial charge is 0.255 e. The summed E-state index contributed by atoms with van der Waals surface area (Å²) in [5, 5.41) is 15.4. The molecule has 0 radical (unpaired) electrons. The van der Waals surface area contributed by atoms with E-state index in [1.165, 1.54) is 6.07 Å². The number of amides is 1. The summed E-state index contributed by atoms with van der Waals surface area (Å²) in [6.45, 7) is 2.44. The molecule has 0 fully saturated rings. The molecule has 0 bridgehead atoms. The van der Waals surface area contributed by atoms with Crippen LogP contribution in [0.15, 0.2) is 28.1 Å². The van der Waals surface area contributed by atoms with Gasteiger partial charge in [-0.3, -0.25) is 4.79 Å². The van der Waals surface area contributed by atoms with Crippen LogP contribution >= 0.6 is 27.3 Å². The highest BCUT2D eigenvalue weighted by Gasteiger charge is 2.10. The number of aromatic nitrogens is 1. The summed E-state index contributed by atoms with van der Waals surface area (Å²) in [4.78, 5) is 16.2. The summed E-state index contributed by atoms with van der Waals surface area (Å²) < 4.78 is 0.736. The van der Waals surface area contributed by atoms with Crippen LogP contribution in [0.5, 0.6) is 5.75 Å². The molecule has 0 aliphatic carbocycles. The number of thiazole rings is 1. The second kappa shape index (κ2) is 6.16. The van der Waals surface area contributed by atoms with E-state index in [9.17, 15) is 9.90 Å². The Morgan fingerprint density at radius 1 is 1.53 bits per heavy atom. The Kier molecular flexibility index (Phi) is 4.55. The summed E-state index contributed by atoms with van der Waals surface area (Å²) in [5.41, 5.74) is 1.27. The molecular formula is C13H13BrN2O2S. The number of aryl methyl sites for hydroxylation is 1. The Balaban J connectivity index is 1.90. The van der Waals surface area contributed by atoms with E-state index in [0.29, 0.717) is 13.0 Å². The molecule has 0 aliphatic rings. The molecular weight excluding hydrogens is 328 g/mol. The van der Waals surface area contributed by atoms with E-state index in [0.717, 1.165) is 15.2 Å². The number of aromatic hydroxyl groups is 1. The molecule has 100 valence electrons. The maximum absolute atomic E-state index is 11.9. The van der Waals surface area contributed by atoms with Gasteiger partial charge in [0.25, 0.3) is 5.91 Å². The van der Waals surface area contributed by atoms with Gasteiger partial charge in [-0.05, 0) is 25.1 Å². The number of phenolic OH excluding ortho intramolecular Hbond substituents is 1. The molecule has 2 aromatic rings. The summed E-state index contributed by atoms with van der Waals surface area (Å²) in [5.74, 6) is -0.310. The summed E-state index contributed by atoms with van der Waals surface area (Å²) >= 11 is 4.82. The topological polar surface area (TPSA) is 62.2 Å². The Morgan fingerprint density at radius 2 is 2.32 bits per heavy atom. The molecule has 1 heterocycles. The van der Waals surface area contributed by atoms with Crippen LogP contribution in [0.1, 0.15) is 21.1 Å². The number of carbonyl (C=O) groups excluding carboxylic acids is 1. The normalized spacial score (nSPS) is 10.4. The van der Waals surface area contributed by atoms with Crippen LogP contribution in [0.2, 0.25) is 0 Å². The lowest BCUT2D eigenvalue weighted by Gasteiger charge is -2.06. The van der Waals surface area contributed by atoms with Gasteiger partial charge >= 0.3 is 0 Å². The molecule has 0 unspecified atom stereocenters. The maximum Gasteiger partial charge on any atom is 0.255 e. The third kappa shape index (κ3) is 3.78. The molecule has 1 aromatic carbocycles. The van der Waals surface area contributed by atoms with Crippen molar-refractivity contribution >= 4 is 33.2 Å². The van der Waals surface area contributed by atoms with E-state index >= 15 is 0 Å². The van der Waals surface area contributed by atoms with Crippen molar-refractivity contribution in [1.82, 2.24) is 10.3 Å². The zero-order valence-corrected chi connectivity index (χ0v) is 12.7. The molecule has 2 N–H and O–H groups in total. The highest BCUT2D eigenvalue weighted by molar-refractivity contribution is 9.10. The minimum atomic E-state index is -0.279. The van der Waals surface area contributed by atoms with E-state index < -0.39 is 0 Å². The molecule has 1 aromatic heterocycles. The molecule has 0 atom stereocenters. The Morgan fingerprint density at radius 3 is 2.95 bits per heavy atom. The summed E-state index contributed by atoms with van der Waals surface area (Å²) in [6.07, 6.45) is 0.696. The zero-order valence-electron chi connectivity index (χ0n) is 10.3. The Bertz CT molecular complexity index is 598. The summed E-state index contributed by atoms with van der Waals surface area (Å²) in [7, 11) is 0. The standard InChI is InChI=1S/C13H13BrN2O2S/c1-8-7-19-12(16-8)4-5-15-13(18)10-3-2-9(14)6-11(10)17/h2-3,6-7,17H,4-5H2,1H3,(H,15,18). The maximum atomic E-state index is 11.9. The quantitative estimate of drug-likeness (QED) is 0.899. The lowest BCUT2D eigenvalue weighted by Crippen LogP contribution is -2.25. The molecule has 0 aliphatic heterocycles. The second-order valence-corrected chi connectivity index (χ2v) is 5.91. The average molecular weight is 341 g/mol. The van der Waals surface area contributed by atoms with Crippen LogP contribution in [0.4, 0.5) is 0 Å². The zero-order chi connectivity index (χ0) is 13.8. The number of phenols is 1. The number of hydrogen-bond donors (Lipinski definition) is 2. The van der Waals surface area contributed by atoms with Gasteiger partial charge in [0.1, 0.15) is 5.75 Å². The average Bonchev–Trinajstić information content (AvgIpc) is 2.75. The van der Waals surface area contributed by atoms with Gasteiger partial charge < -0.3 is 10.4 Å². The molecule has 4 nitrogen and oxygen atoms in total. The number of nitrogens with zero attached hydrogens (tertiary/aromatic N) is 1. The minimum absolute atomic E-state index is 0.0306. The number of rotatable bonds is 4. The van der Waals surface area contributed by atoms with E-state index in [1.54, 1.807) is 23.5 Å². The van der Waals surface area contributed by atoms with Gasteiger partial charge in [-0.25, -0.2) is 4.98 Å². The number of carbonyl (C=O) groups is 1. The van der Waals surface area contributed by atoms with Crippen molar-refractivity contribution in [3.63, 3.8) is 0 Å². The van der Waals surface area contributed by atoms with Crippen molar-refractivity contribution in [2.24, 2.45) is 0 Å². The lowest BCUT2D eigenvalue weighted by molar-refractivity contribution is 0.0951. The first kappa shape index (κ1) is 14.0. The Hall–Kier alpha value is -1.40. The van der Waals surface area contributed by atoms with Crippen LogP contribution in [0.25, 0.3) is 0 Å². The van der Waals surface area contributed by atoms with Gasteiger partial charge in [0.05, 0.1) is 10.6 Å². The molecule has 0 saturated carbocycles. The number of benzene rings is 1. The third-order valence-electron chi connectivity index (χ3n) is 2.50. The van der Waals surface area contributed by atoms with E-state index in [4.69, 9.17) is 0 Å². The van der Waals surface area contributed by atoms with Gasteiger partial charge in [0, 0.05) is 28.5 Å². The molecule has 19 heavy (non-hydrogen) atoms. The fourth-order valence-electron chi connectivity index (χ4n) is 1.59. The van der Waals surface area contributed by atoms with Crippen molar-refractivity contribution in [3.8, 4) is 5.75 Å². The largest absolute Gasteiger partial charge is 0.507 e. The van der Waals surface area contributed by atoms with Crippen LogP contribution in [-0.4, -0.2) is 22.5 Å². The lowest BCUT2D eigenvalue weighted by atomic mass is 10.2. The van der Waals surface area contributed by atoms with Crippen molar-refractivity contribution in [3.05, 3.63) is 44.3 Å². The second-order valence-electron chi connectivity index (χ2n) is 4.05. The molecule has 2 rings (SSSR count). The van der Waals surface area contributed by atoms with Crippen molar-refractivity contribution in [2.45, 2.75) is 13.3 Å². The van der Waals surface area contributed by atoms with Crippen molar-refractivity contribution in [2.75, 3.05) is 6.54 Å². The highest BCUT2D eigenvalue weighted by Crippen LogP contribution is 2.22. The van der Waals surface area contributed by atoms with E-state index in [2.05, 4.69) is 26.2 Å². The van der Waals surface area contributed by atoms with Gasteiger partial charge in [0.15, 0.2) is 0 Å². The van der Waals surface area contributed by atoms with Gasteiger partial charge in [-0.15, -0.1) is 11.3 Å². The number of nitrogens with one attached hydrogen (secondary N) is 1. The van der Waals surface area contributed by atoms with Crippen LogP contribution in [-0.2, 0) is 6.42 Å². The fourth-order valence-corrected chi connectivity index (χ4v) is 2.72. The van der Waals surface area contributed by atoms with Crippen LogP contribution < -0.4 is 5.32 Å². The first-order valence-electron chi connectivity index (χ1n) is 5.74. The molecule has 0 saturated heterocycles.